The number of nitro groups is 1. The molecule has 0 aliphatic rings. The van der Waals surface area contributed by atoms with E-state index in [0.717, 1.165) is 18.4 Å². The Balaban J connectivity index is 2.35. The first-order chi connectivity index (χ1) is 10.4. The number of thiazole rings is 1. The van der Waals surface area contributed by atoms with Crippen molar-refractivity contribution in [2.45, 2.75) is 12.6 Å². The number of nitrogens with one attached hydrogen (secondary N) is 2. The van der Waals surface area contributed by atoms with Crippen LogP contribution in [0.5, 0.6) is 5.19 Å². The van der Waals surface area contributed by atoms with Gasteiger partial charge in [-0.25, -0.2) is 4.98 Å². The number of aliphatic hydroxyl groups is 1. The van der Waals surface area contributed by atoms with Crippen molar-refractivity contribution < 1.29 is 14.8 Å². The highest BCUT2D eigenvalue weighted by Gasteiger charge is 2.10. The van der Waals surface area contributed by atoms with E-state index < -0.39 is 11.0 Å². The maximum Gasteiger partial charge on any atom is 0.274 e. The minimum atomic E-state index is -0.815. The lowest BCUT2D eigenvalue weighted by molar-refractivity contribution is -0.404. The molecule has 1 aromatic rings. The molecule has 0 spiro atoms. The monoisotopic (exact) mass is 331 g/mol. The largest absolute Gasteiger partial charge is 0.467 e. The fourth-order valence-corrected chi connectivity index (χ4v) is 2.18. The van der Waals surface area contributed by atoms with Crippen LogP contribution in [-0.4, -0.2) is 60.3 Å². The average molecular weight is 331 g/mol. The average Bonchev–Trinajstić information content (AvgIpc) is 2.87. The summed E-state index contributed by atoms with van der Waals surface area (Å²) in [4.78, 5) is 16.1. The fraction of sp³-hybridized carbons (Fsp3) is 0.583. The second-order valence-corrected chi connectivity index (χ2v) is 5.59. The molecule has 0 radical (unpaired) electrons. The van der Waals surface area contributed by atoms with Gasteiger partial charge in [-0.05, 0) is 14.1 Å². The van der Waals surface area contributed by atoms with Crippen molar-refractivity contribution in [1.29, 1.82) is 0 Å². The molecule has 124 valence electrons. The molecular formula is C12H21N5O4S. The quantitative estimate of drug-likeness (QED) is 0.400. The zero-order chi connectivity index (χ0) is 16.5. The van der Waals surface area contributed by atoms with E-state index in [2.05, 4.69) is 15.6 Å². The van der Waals surface area contributed by atoms with E-state index in [1.165, 1.54) is 11.3 Å². The topological polar surface area (TPSA) is 113 Å². The molecule has 0 aromatic carbocycles. The van der Waals surface area contributed by atoms with Gasteiger partial charge in [-0.1, -0.05) is 11.3 Å². The van der Waals surface area contributed by atoms with Gasteiger partial charge in [-0.2, -0.15) is 0 Å². The fourth-order valence-electron chi connectivity index (χ4n) is 1.51. The molecular weight excluding hydrogens is 310 g/mol. The maximum absolute atomic E-state index is 10.4. The van der Waals surface area contributed by atoms with E-state index >= 15 is 0 Å². The molecule has 1 aromatic heterocycles. The first-order valence-electron chi connectivity index (χ1n) is 6.57. The Bertz CT molecular complexity index is 505. The molecule has 0 aliphatic carbocycles. The molecule has 9 nitrogen and oxygen atoms in total. The predicted octanol–water partition coefficient (Wildman–Crippen LogP) is -0.171. The van der Waals surface area contributed by atoms with Crippen molar-refractivity contribution in [3.05, 3.63) is 33.2 Å². The summed E-state index contributed by atoms with van der Waals surface area (Å²) in [5.41, 5.74) is 0.906. The SMILES string of the molecule is CNC(=C[N+](=O)[O-])NCC(O)COc1nc(CN(C)C)cs1. The van der Waals surface area contributed by atoms with Crippen LogP contribution in [0.25, 0.3) is 0 Å². The van der Waals surface area contributed by atoms with Crippen LogP contribution in [0.4, 0.5) is 0 Å². The maximum atomic E-state index is 10.4. The van der Waals surface area contributed by atoms with E-state index in [9.17, 15) is 15.2 Å². The summed E-state index contributed by atoms with van der Waals surface area (Å²) in [5.74, 6) is 0.214. The molecule has 1 heterocycles. The number of aromatic nitrogens is 1. The molecule has 1 rings (SSSR count). The summed E-state index contributed by atoms with van der Waals surface area (Å²) in [7, 11) is 5.45. The highest BCUT2D eigenvalue weighted by molar-refractivity contribution is 7.11. The van der Waals surface area contributed by atoms with Gasteiger partial charge in [0.2, 0.25) is 0 Å². The molecule has 0 saturated heterocycles. The van der Waals surface area contributed by atoms with Gasteiger partial charge in [-0.15, -0.1) is 0 Å². The standard InChI is InChI=1S/C12H21N5O4S/c1-13-11(6-17(19)20)14-4-10(18)7-21-12-15-9(8-22-12)5-16(2)3/h6,8,10,13-14,18H,4-5,7H2,1-3H3. The number of nitrogens with zero attached hydrogens (tertiary/aromatic N) is 3. The lowest BCUT2D eigenvalue weighted by atomic mass is 10.4. The molecule has 3 N–H and O–H groups in total. The predicted molar refractivity (Wildman–Crippen MR) is 83.1 cm³/mol. The number of hydrogen-bond acceptors (Lipinski definition) is 9. The second kappa shape index (κ2) is 9.18. The van der Waals surface area contributed by atoms with Gasteiger partial charge in [-0.3, -0.25) is 10.1 Å². The first kappa shape index (κ1) is 18.1. The van der Waals surface area contributed by atoms with Crippen molar-refractivity contribution in [1.82, 2.24) is 20.5 Å². The Kier molecular flexibility index (Phi) is 7.57. The van der Waals surface area contributed by atoms with E-state index in [0.29, 0.717) is 5.19 Å². The normalized spacial score (nSPS) is 13.0. The van der Waals surface area contributed by atoms with Gasteiger partial charge in [0.1, 0.15) is 12.7 Å². The summed E-state index contributed by atoms with van der Waals surface area (Å²) >= 11 is 1.37. The molecule has 10 heteroatoms. The Morgan fingerprint density at radius 1 is 1.68 bits per heavy atom. The van der Waals surface area contributed by atoms with E-state index in [1.54, 1.807) is 7.05 Å². The first-order valence-corrected chi connectivity index (χ1v) is 7.45. The Morgan fingerprint density at radius 3 is 3.00 bits per heavy atom. The van der Waals surface area contributed by atoms with Crippen LogP contribution in [0.2, 0.25) is 0 Å². The highest BCUT2D eigenvalue weighted by Crippen LogP contribution is 2.18. The summed E-state index contributed by atoms with van der Waals surface area (Å²) < 4.78 is 5.40. The summed E-state index contributed by atoms with van der Waals surface area (Å²) in [6, 6.07) is 0. The highest BCUT2D eigenvalue weighted by atomic mass is 32.1. The third kappa shape index (κ3) is 7.20. The lowest BCUT2D eigenvalue weighted by Crippen LogP contribution is -2.34. The van der Waals surface area contributed by atoms with Gasteiger partial charge in [0.05, 0.1) is 10.6 Å². The zero-order valence-corrected chi connectivity index (χ0v) is 13.6. The van der Waals surface area contributed by atoms with Crippen LogP contribution in [-0.2, 0) is 6.54 Å². The smallest absolute Gasteiger partial charge is 0.274 e. The van der Waals surface area contributed by atoms with Crippen molar-refractivity contribution in [3.63, 3.8) is 0 Å². The number of aliphatic hydroxyl groups excluding tert-OH is 1. The molecule has 0 amide bonds. The summed E-state index contributed by atoms with van der Waals surface area (Å²) in [6.07, 6.45) is -0.0215. The van der Waals surface area contributed by atoms with Gasteiger partial charge < -0.3 is 25.4 Å². The molecule has 0 fully saturated rings. The van der Waals surface area contributed by atoms with Gasteiger partial charge >= 0.3 is 0 Å². The minimum Gasteiger partial charge on any atom is -0.467 e. The van der Waals surface area contributed by atoms with Crippen molar-refractivity contribution in [2.75, 3.05) is 34.3 Å². The van der Waals surface area contributed by atoms with Crippen LogP contribution in [0.1, 0.15) is 5.69 Å². The van der Waals surface area contributed by atoms with Gasteiger partial charge in [0.25, 0.3) is 11.4 Å². The van der Waals surface area contributed by atoms with Gasteiger partial charge in [0.15, 0.2) is 5.82 Å². The molecule has 0 saturated carbocycles. The molecule has 1 atom stereocenters. The third-order valence-electron chi connectivity index (χ3n) is 2.44. The molecule has 0 aliphatic heterocycles. The van der Waals surface area contributed by atoms with Crippen molar-refractivity contribution in [3.8, 4) is 5.19 Å². The molecule has 1 unspecified atom stereocenters. The van der Waals surface area contributed by atoms with Crippen LogP contribution < -0.4 is 15.4 Å². The van der Waals surface area contributed by atoms with Crippen LogP contribution in [0, 0.1) is 10.1 Å². The summed E-state index contributed by atoms with van der Waals surface area (Å²) in [5, 5.41) is 27.9. The lowest BCUT2D eigenvalue weighted by Gasteiger charge is -2.13. The Hall–Kier alpha value is -1.91. The second-order valence-electron chi connectivity index (χ2n) is 4.77. The zero-order valence-electron chi connectivity index (χ0n) is 12.8. The number of hydrogen-bond donors (Lipinski definition) is 3. The van der Waals surface area contributed by atoms with Crippen LogP contribution in [0.3, 0.4) is 0 Å². The molecule has 0 bridgehead atoms. The number of rotatable bonds is 10. The van der Waals surface area contributed by atoms with Crippen LogP contribution >= 0.6 is 11.3 Å². The van der Waals surface area contributed by atoms with Gasteiger partial charge in [0, 0.05) is 25.5 Å². The van der Waals surface area contributed by atoms with E-state index in [1.807, 2.05) is 24.4 Å². The molecule has 22 heavy (non-hydrogen) atoms. The van der Waals surface area contributed by atoms with Crippen molar-refractivity contribution in [2.24, 2.45) is 0 Å². The Morgan fingerprint density at radius 2 is 2.41 bits per heavy atom. The summed E-state index contributed by atoms with van der Waals surface area (Å²) in [6.45, 7) is 0.898. The number of ether oxygens (including phenoxy) is 1. The van der Waals surface area contributed by atoms with E-state index in [-0.39, 0.29) is 19.0 Å². The van der Waals surface area contributed by atoms with Crippen molar-refractivity contribution >= 4 is 11.3 Å². The third-order valence-corrected chi connectivity index (χ3v) is 3.24. The van der Waals surface area contributed by atoms with Crippen LogP contribution in [0.15, 0.2) is 17.4 Å². The minimum absolute atomic E-state index is 0.0530. The Labute approximate surface area is 132 Å². The van der Waals surface area contributed by atoms with E-state index in [4.69, 9.17) is 4.74 Å².